The Balaban J connectivity index is 1.73. The molecule has 3 rings (SSSR count). The number of methoxy groups -OCH3 is 1. The average Bonchev–Trinajstić information content (AvgIpc) is 3.24. The number of nitrogens with zero attached hydrogens (tertiary/aromatic N) is 1. The number of ether oxygens (including phenoxy) is 1. The number of rotatable bonds is 8. The van der Waals surface area contributed by atoms with Crippen LogP contribution in [0.25, 0.3) is 0 Å². The van der Waals surface area contributed by atoms with E-state index in [-0.39, 0.29) is 17.1 Å². The molecule has 1 heterocycles. The first-order chi connectivity index (χ1) is 13.9. The van der Waals surface area contributed by atoms with Crippen molar-refractivity contribution >= 4 is 15.9 Å². The largest absolute Gasteiger partial charge is 0.497 e. The molecule has 1 amide bonds. The predicted octanol–water partition coefficient (Wildman–Crippen LogP) is 3.22. The zero-order valence-corrected chi connectivity index (χ0v) is 18.5. The number of hydrogen-bond donors (Lipinski definition) is 1. The van der Waals surface area contributed by atoms with Crippen LogP contribution in [0, 0.1) is 0 Å². The maximum atomic E-state index is 13.0. The molecule has 0 bridgehead atoms. The molecule has 2 aliphatic rings. The third kappa shape index (κ3) is 4.94. The van der Waals surface area contributed by atoms with Gasteiger partial charge >= 0.3 is 0 Å². The second kappa shape index (κ2) is 9.47. The van der Waals surface area contributed by atoms with E-state index in [4.69, 9.17) is 4.74 Å². The standard InChI is InChI=1S/C22H34N2O4S/c1-3-16-29(26,27)24-15-7-8-20(24)21(25)23-17-22(13-5-4-6-14-22)18-9-11-19(28-2)12-10-18/h9-12,20H,3-8,13-17H2,1-2H3,(H,23,25). The summed E-state index contributed by atoms with van der Waals surface area (Å²) in [6.07, 6.45) is 7.47. The Kier molecular flexibility index (Phi) is 7.22. The van der Waals surface area contributed by atoms with Gasteiger partial charge in [0.2, 0.25) is 15.9 Å². The Morgan fingerprint density at radius 1 is 1.17 bits per heavy atom. The van der Waals surface area contributed by atoms with Crippen LogP contribution in [0.2, 0.25) is 0 Å². The molecule has 6 nitrogen and oxygen atoms in total. The quantitative estimate of drug-likeness (QED) is 0.698. The van der Waals surface area contributed by atoms with Crippen molar-refractivity contribution in [2.75, 3.05) is 26.0 Å². The van der Waals surface area contributed by atoms with Crippen LogP contribution in [0.5, 0.6) is 5.75 Å². The van der Waals surface area contributed by atoms with E-state index in [0.29, 0.717) is 25.9 Å². The summed E-state index contributed by atoms with van der Waals surface area (Å²) in [7, 11) is -1.71. The number of nitrogens with one attached hydrogen (secondary N) is 1. The fourth-order valence-corrected chi connectivity index (χ4v) is 6.57. The van der Waals surface area contributed by atoms with Gasteiger partial charge in [-0.2, -0.15) is 4.31 Å². The minimum absolute atomic E-state index is 0.0914. The zero-order valence-electron chi connectivity index (χ0n) is 17.7. The van der Waals surface area contributed by atoms with Gasteiger partial charge < -0.3 is 10.1 Å². The first-order valence-corrected chi connectivity index (χ1v) is 12.4. The average molecular weight is 423 g/mol. The van der Waals surface area contributed by atoms with Crippen molar-refractivity contribution in [1.82, 2.24) is 9.62 Å². The zero-order chi connectivity index (χ0) is 20.9. The molecular formula is C22H34N2O4S. The monoisotopic (exact) mass is 422 g/mol. The Bertz CT molecular complexity index is 786. The lowest BCUT2D eigenvalue weighted by atomic mass is 9.69. The molecule has 1 unspecified atom stereocenters. The van der Waals surface area contributed by atoms with Gasteiger partial charge in [0.05, 0.1) is 12.9 Å². The molecule has 1 saturated carbocycles. The van der Waals surface area contributed by atoms with Gasteiger partial charge in [0.25, 0.3) is 0 Å². The fourth-order valence-electron chi connectivity index (χ4n) is 4.83. The molecule has 2 fully saturated rings. The lowest BCUT2D eigenvalue weighted by Gasteiger charge is -2.38. The van der Waals surface area contributed by atoms with Crippen molar-refractivity contribution in [1.29, 1.82) is 0 Å². The van der Waals surface area contributed by atoms with Gasteiger partial charge in [-0.25, -0.2) is 8.42 Å². The lowest BCUT2D eigenvalue weighted by molar-refractivity contribution is -0.124. The maximum absolute atomic E-state index is 13.0. The van der Waals surface area contributed by atoms with Crippen molar-refractivity contribution in [2.45, 2.75) is 69.7 Å². The number of amides is 1. The highest BCUT2D eigenvalue weighted by Crippen LogP contribution is 2.39. The van der Waals surface area contributed by atoms with Crippen molar-refractivity contribution in [2.24, 2.45) is 0 Å². The highest BCUT2D eigenvalue weighted by Gasteiger charge is 2.40. The molecule has 1 N–H and O–H groups in total. The fraction of sp³-hybridized carbons (Fsp3) is 0.682. The Hall–Kier alpha value is -1.60. The molecular weight excluding hydrogens is 388 g/mol. The summed E-state index contributed by atoms with van der Waals surface area (Å²) >= 11 is 0. The Labute approximate surface area is 175 Å². The van der Waals surface area contributed by atoms with Crippen LogP contribution >= 0.6 is 0 Å². The van der Waals surface area contributed by atoms with Crippen LogP contribution in [0.15, 0.2) is 24.3 Å². The van der Waals surface area contributed by atoms with Crippen LogP contribution in [0.1, 0.15) is 63.9 Å². The minimum atomic E-state index is -3.36. The van der Waals surface area contributed by atoms with Gasteiger partial charge in [-0.05, 0) is 49.8 Å². The summed E-state index contributed by atoms with van der Waals surface area (Å²) in [4.78, 5) is 13.0. The number of sulfonamides is 1. The van der Waals surface area contributed by atoms with Crippen molar-refractivity contribution in [3.63, 3.8) is 0 Å². The highest BCUT2D eigenvalue weighted by atomic mass is 32.2. The third-order valence-corrected chi connectivity index (χ3v) is 8.52. The maximum Gasteiger partial charge on any atom is 0.238 e. The van der Waals surface area contributed by atoms with Crippen LogP contribution in [0.3, 0.4) is 0 Å². The summed E-state index contributed by atoms with van der Waals surface area (Å²) in [6, 6.07) is 7.59. The molecule has 7 heteroatoms. The first-order valence-electron chi connectivity index (χ1n) is 10.8. The van der Waals surface area contributed by atoms with Gasteiger partial charge in [0, 0.05) is 18.5 Å². The van der Waals surface area contributed by atoms with Crippen LogP contribution in [-0.2, 0) is 20.2 Å². The molecule has 1 aliphatic heterocycles. The van der Waals surface area contributed by atoms with E-state index in [0.717, 1.165) is 37.9 Å². The Morgan fingerprint density at radius 2 is 1.86 bits per heavy atom. The molecule has 29 heavy (non-hydrogen) atoms. The third-order valence-electron chi connectivity index (χ3n) is 6.44. The lowest BCUT2D eigenvalue weighted by Crippen LogP contribution is -2.50. The SMILES string of the molecule is CCCS(=O)(=O)N1CCCC1C(=O)NCC1(c2ccc(OC)cc2)CCCCC1. The normalized spacial score (nSPS) is 22.3. The second-order valence-electron chi connectivity index (χ2n) is 8.37. The van der Waals surface area contributed by atoms with E-state index in [1.54, 1.807) is 7.11 Å². The van der Waals surface area contributed by atoms with E-state index < -0.39 is 16.1 Å². The number of benzene rings is 1. The molecule has 1 aliphatic carbocycles. The summed E-state index contributed by atoms with van der Waals surface area (Å²) in [5.74, 6) is 0.777. The topological polar surface area (TPSA) is 75.7 Å². The van der Waals surface area contributed by atoms with Gasteiger partial charge in [0.1, 0.15) is 11.8 Å². The number of carbonyl (C=O) groups excluding carboxylic acids is 1. The molecule has 0 spiro atoms. The molecule has 0 radical (unpaired) electrons. The Morgan fingerprint density at radius 3 is 2.48 bits per heavy atom. The summed E-state index contributed by atoms with van der Waals surface area (Å²) in [5, 5.41) is 3.13. The summed E-state index contributed by atoms with van der Waals surface area (Å²) in [5.41, 5.74) is 1.13. The van der Waals surface area contributed by atoms with Gasteiger partial charge in [0.15, 0.2) is 0 Å². The van der Waals surface area contributed by atoms with Crippen molar-refractivity contribution in [3.8, 4) is 5.75 Å². The van der Waals surface area contributed by atoms with Gasteiger partial charge in [-0.1, -0.05) is 38.3 Å². The second-order valence-corrected chi connectivity index (χ2v) is 10.4. The van der Waals surface area contributed by atoms with Crippen molar-refractivity contribution < 1.29 is 17.9 Å². The summed E-state index contributed by atoms with van der Waals surface area (Å²) in [6.45, 7) is 2.85. The van der Waals surface area contributed by atoms with E-state index >= 15 is 0 Å². The number of hydrogen-bond acceptors (Lipinski definition) is 4. The molecule has 1 aromatic rings. The van der Waals surface area contributed by atoms with Gasteiger partial charge in [-0.3, -0.25) is 4.79 Å². The molecule has 1 aromatic carbocycles. The van der Waals surface area contributed by atoms with E-state index in [2.05, 4.69) is 17.4 Å². The van der Waals surface area contributed by atoms with E-state index in [9.17, 15) is 13.2 Å². The molecule has 0 aromatic heterocycles. The number of carbonyl (C=O) groups is 1. The molecule has 1 saturated heterocycles. The summed E-state index contributed by atoms with van der Waals surface area (Å²) < 4.78 is 31.8. The van der Waals surface area contributed by atoms with Crippen LogP contribution in [0.4, 0.5) is 0 Å². The van der Waals surface area contributed by atoms with Crippen LogP contribution in [-0.4, -0.2) is 50.6 Å². The van der Waals surface area contributed by atoms with Crippen LogP contribution < -0.4 is 10.1 Å². The minimum Gasteiger partial charge on any atom is -0.497 e. The molecule has 162 valence electrons. The highest BCUT2D eigenvalue weighted by molar-refractivity contribution is 7.89. The van der Waals surface area contributed by atoms with E-state index in [1.807, 2.05) is 19.1 Å². The molecule has 1 atom stereocenters. The van der Waals surface area contributed by atoms with E-state index in [1.165, 1.54) is 16.3 Å². The smallest absolute Gasteiger partial charge is 0.238 e. The van der Waals surface area contributed by atoms with Gasteiger partial charge in [-0.15, -0.1) is 0 Å². The predicted molar refractivity (Wildman–Crippen MR) is 115 cm³/mol. The first kappa shape index (κ1) is 22.1. The van der Waals surface area contributed by atoms with Crippen molar-refractivity contribution in [3.05, 3.63) is 29.8 Å².